The fourth-order valence-electron chi connectivity index (χ4n) is 2.63. The number of rotatable bonds is 6. The number of hydrogen-bond acceptors (Lipinski definition) is 5. The highest BCUT2D eigenvalue weighted by molar-refractivity contribution is 5.90. The van der Waals surface area contributed by atoms with Crippen LogP contribution >= 0.6 is 0 Å². The Hall–Kier alpha value is -2.48. The maximum atomic E-state index is 12.0. The lowest BCUT2D eigenvalue weighted by atomic mass is 10.3. The van der Waals surface area contributed by atoms with Crippen LogP contribution < -0.4 is 15.4 Å². The van der Waals surface area contributed by atoms with Crippen LogP contribution in [0.15, 0.2) is 24.3 Å². The summed E-state index contributed by atoms with van der Waals surface area (Å²) in [5.41, 5.74) is 0.647. The van der Waals surface area contributed by atoms with Gasteiger partial charge in [-0.2, -0.15) is 0 Å². The normalized spacial score (nSPS) is 14.7. The van der Waals surface area contributed by atoms with Gasteiger partial charge in [-0.25, -0.2) is 9.59 Å². The number of amides is 3. The Bertz CT molecular complexity index is 574. The summed E-state index contributed by atoms with van der Waals surface area (Å²) in [7, 11) is 1.39. The molecule has 0 bridgehead atoms. The van der Waals surface area contributed by atoms with E-state index in [1.54, 1.807) is 11.0 Å². The number of piperazine rings is 1. The first kappa shape index (κ1) is 18.9. The second-order valence-corrected chi connectivity index (χ2v) is 5.61. The number of para-hydroxylation sites is 2. The number of ether oxygens (including phenoxy) is 2. The monoisotopic (exact) mass is 350 g/mol. The van der Waals surface area contributed by atoms with Crippen LogP contribution in [0.2, 0.25) is 0 Å². The van der Waals surface area contributed by atoms with Crippen molar-refractivity contribution in [3.05, 3.63) is 24.3 Å². The number of hydrogen-bond donors (Lipinski definition) is 2. The summed E-state index contributed by atoms with van der Waals surface area (Å²) in [5.74, 6) is 0.652. The zero-order chi connectivity index (χ0) is 18.1. The lowest BCUT2D eigenvalue weighted by molar-refractivity contribution is 0.0916. The van der Waals surface area contributed by atoms with E-state index in [-0.39, 0.29) is 12.1 Å². The third-order valence-electron chi connectivity index (χ3n) is 3.95. The first-order valence-corrected chi connectivity index (χ1v) is 8.46. The van der Waals surface area contributed by atoms with Crippen LogP contribution in [0.4, 0.5) is 15.3 Å². The fourth-order valence-corrected chi connectivity index (χ4v) is 2.63. The molecule has 1 fully saturated rings. The molecule has 0 radical (unpaired) electrons. The van der Waals surface area contributed by atoms with Gasteiger partial charge < -0.3 is 25.0 Å². The fraction of sp³-hybridized carbons (Fsp3) is 0.529. The van der Waals surface area contributed by atoms with Gasteiger partial charge in [0.1, 0.15) is 5.75 Å². The summed E-state index contributed by atoms with van der Waals surface area (Å²) in [5, 5.41) is 5.64. The second-order valence-electron chi connectivity index (χ2n) is 5.61. The molecule has 25 heavy (non-hydrogen) atoms. The van der Waals surface area contributed by atoms with E-state index in [0.29, 0.717) is 37.7 Å². The van der Waals surface area contributed by atoms with E-state index in [1.807, 2.05) is 25.1 Å². The Labute approximate surface area is 148 Å². The number of benzene rings is 1. The van der Waals surface area contributed by atoms with Gasteiger partial charge in [-0.05, 0) is 19.1 Å². The molecule has 1 aliphatic rings. The van der Waals surface area contributed by atoms with E-state index < -0.39 is 0 Å². The highest BCUT2D eigenvalue weighted by atomic mass is 16.5. The van der Waals surface area contributed by atoms with E-state index in [2.05, 4.69) is 15.5 Å². The van der Waals surface area contributed by atoms with Gasteiger partial charge in [-0.3, -0.25) is 4.90 Å². The van der Waals surface area contributed by atoms with Gasteiger partial charge in [-0.15, -0.1) is 0 Å². The maximum absolute atomic E-state index is 12.0. The molecule has 1 heterocycles. The molecule has 0 saturated carbocycles. The standard InChI is InChI=1S/C17H26N4O4/c1-3-25-15-7-5-4-6-14(15)19-16(22)18-8-9-20-10-12-21(13-11-20)17(23)24-2/h4-7H,3,8-13H2,1-2H3,(H2,18,19,22). The molecule has 0 spiro atoms. The molecule has 1 saturated heterocycles. The van der Waals surface area contributed by atoms with Crippen molar-refractivity contribution in [3.8, 4) is 5.75 Å². The summed E-state index contributed by atoms with van der Waals surface area (Å²) < 4.78 is 10.2. The number of carbonyl (C=O) groups excluding carboxylic acids is 2. The van der Waals surface area contributed by atoms with Gasteiger partial charge in [0.25, 0.3) is 0 Å². The Morgan fingerprint density at radius 1 is 1.16 bits per heavy atom. The van der Waals surface area contributed by atoms with E-state index in [4.69, 9.17) is 9.47 Å². The van der Waals surface area contributed by atoms with Crippen LogP contribution in [0.1, 0.15) is 6.92 Å². The van der Waals surface area contributed by atoms with E-state index >= 15 is 0 Å². The van der Waals surface area contributed by atoms with Gasteiger partial charge in [-0.1, -0.05) is 12.1 Å². The van der Waals surface area contributed by atoms with Crippen molar-refractivity contribution < 1.29 is 19.1 Å². The highest BCUT2D eigenvalue weighted by Crippen LogP contribution is 2.23. The molecule has 138 valence electrons. The molecule has 2 rings (SSSR count). The van der Waals surface area contributed by atoms with Crippen molar-refractivity contribution in [2.24, 2.45) is 0 Å². The Kier molecular flexibility index (Phi) is 7.34. The van der Waals surface area contributed by atoms with Crippen LogP contribution in [0.5, 0.6) is 5.75 Å². The molecule has 0 unspecified atom stereocenters. The number of carbonyl (C=O) groups is 2. The minimum Gasteiger partial charge on any atom is -0.492 e. The summed E-state index contributed by atoms with van der Waals surface area (Å²) in [6.07, 6.45) is -0.287. The molecular weight excluding hydrogens is 324 g/mol. The average molecular weight is 350 g/mol. The molecule has 2 N–H and O–H groups in total. The lowest BCUT2D eigenvalue weighted by Crippen LogP contribution is -2.50. The SMILES string of the molecule is CCOc1ccccc1NC(=O)NCCN1CCN(C(=O)OC)CC1. The molecule has 3 amide bonds. The van der Waals surface area contributed by atoms with Crippen molar-refractivity contribution >= 4 is 17.8 Å². The largest absolute Gasteiger partial charge is 0.492 e. The van der Waals surface area contributed by atoms with Crippen LogP contribution in [-0.2, 0) is 4.74 Å². The van der Waals surface area contributed by atoms with Crippen molar-refractivity contribution in [3.63, 3.8) is 0 Å². The van der Waals surface area contributed by atoms with Gasteiger partial charge in [0.2, 0.25) is 0 Å². The van der Waals surface area contributed by atoms with Crippen molar-refractivity contribution in [1.29, 1.82) is 0 Å². The molecule has 0 aromatic heterocycles. The van der Waals surface area contributed by atoms with Crippen LogP contribution in [0.3, 0.4) is 0 Å². The minimum absolute atomic E-state index is 0.264. The summed E-state index contributed by atoms with van der Waals surface area (Å²) in [6.45, 7) is 6.52. The summed E-state index contributed by atoms with van der Waals surface area (Å²) in [6, 6.07) is 7.07. The van der Waals surface area contributed by atoms with Gasteiger partial charge in [0.15, 0.2) is 0 Å². The summed E-state index contributed by atoms with van der Waals surface area (Å²) in [4.78, 5) is 27.3. The van der Waals surface area contributed by atoms with E-state index in [0.717, 1.165) is 19.6 Å². The Morgan fingerprint density at radius 2 is 1.88 bits per heavy atom. The van der Waals surface area contributed by atoms with Crippen molar-refractivity contribution in [1.82, 2.24) is 15.1 Å². The zero-order valence-electron chi connectivity index (χ0n) is 14.8. The third kappa shape index (κ3) is 5.82. The molecule has 1 aromatic rings. The zero-order valence-corrected chi connectivity index (χ0v) is 14.8. The quantitative estimate of drug-likeness (QED) is 0.814. The van der Waals surface area contributed by atoms with Crippen LogP contribution in [0.25, 0.3) is 0 Å². The first-order chi connectivity index (χ1) is 12.1. The molecule has 8 nitrogen and oxygen atoms in total. The van der Waals surface area contributed by atoms with E-state index in [1.165, 1.54) is 7.11 Å². The second kappa shape index (κ2) is 9.73. The topological polar surface area (TPSA) is 83.1 Å². The number of nitrogens with one attached hydrogen (secondary N) is 2. The average Bonchev–Trinajstić information content (AvgIpc) is 2.63. The third-order valence-corrected chi connectivity index (χ3v) is 3.95. The molecule has 1 aromatic carbocycles. The number of nitrogens with zero attached hydrogens (tertiary/aromatic N) is 2. The Balaban J connectivity index is 1.69. The summed E-state index contributed by atoms with van der Waals surface area (Å²) >= 11 is 0. The number of urea groups is 1. The molecule has 0 atom stereocenters. The molecular formula is C17H26N4O4. The smallest absolute Gasteiger partial charge is 0.409 e. The van der Waals surface area contributed by atoms with Crippen LogP contribution in [-0.4, -0.2) is 74.9 Å². The van der Waals surface area contributed by atoms with Crippen molar-refractivity contribution in [2.75, 3.05) is 58.3 Å². The van der Waals surface area contributed by atoms with E-state index in [9.17, 15) is 9.59 Å². The van der Waals surface area contributed by atoms with Gasteiger partial charge in [0.05, 0.1) is 19.4 Å². The maximum Gasteiger partial charge on any atom is 0.409 e. The van der Waals surface area contributed by atoms with Crippen LogP contribution in [0, 0.1) is 0 Å². The predicted octanol–water partition coefficient (Wildman–Crippen LogP) is 1.59. The van der Waals surface area contributed by atoms with Gasteiger partial charge in [0, 0.05) is 39.3 Å². The molecule has 8 heteroatoms. The minimum atomic E-state index is -0.287. The lowest BCUT2D eigenvalue weighted by Gasteiger charge is -2.33. The highest BCUT2D eigenvalue weighted by Gasteiger charge is 2.21. The molecule has 1 aliphatic heterocycles. The van der Waals surface area contributed by atoms with Crippen molar-refractivity contribution in [2.45, 2.75) is 6.92 Å². The Morgan fingerprint density at radius 3 is 2.56 bits per heavy atom. The molecule has 0 aliphatic carbocycles. The number of anilines is 1. The number of methoxy groups -OCH3 is 1. The first-order valence-electron chi connectivity index (χ1n) is 8.46. The predicted molar refractivity (Wildman–Crippen MR) is 95.1 cm³/mol. The van der Waals surface area contributed by atoms with Gasteiger partial charge >= 0.3 is 12.1 Å².